The minimum absolute atomic E-state index is 0.138. The second kappa shape index (κ2) is 7.82. The molecule has 6 nitrogen and oxygen atoms in total. The summed E-state index contributed by atoms with van der Waals surface area (Å²) in [4.78, 5) is 37.5. The van der Waals surface area contributed by atoms with Gasteiger partial charge in [0.15, 0.2) is 0 Å². The summed E-state index contributed by atoms with van der Waals surface area (Å²) in [6, 6.07) is 13.5. The van der Waals surface area contributed by atoms with E-state index in [-0.39, 0.29) is 11.8 Å². The fourth-order valence-corrected chi connectivity index (χ4v) is 2.88. The van der Waals surface area contributed by atoms with Crippen LogP contribution in [0.1, 0.15) is 40.0 Å². The molecule has 0 radical (unpaired) electrons. The topological polar surface area (TPSA) is 75.7 Å². The van der Waals surface area contributed by atoms with Crippen LogP contribution in [0.5, 0.6) is 0 Å². The van der Waals surface area contributed by atoms with Crippen LogP contribution in [0.4, 0.5) is 11.4 Å². The predicted molar refractivity (Wildman–Crippen MR) is 98.4 cm³/mol. The van der Waals surface area contributed by atoms with Crippen LogP contribution >= 0.6 is 0 Å². The average Bonchev–Trinajstić information content (AvgIpc) is 2.68. The summed E-state index contributed by atoms with van der Waals surface area (Å²) >= 11 is 0. The molecule has 6 heteroatoms. The summed E-state index contributed by atoms with van der Waals surface area (Å²) < 4.78 is 4.63. The highest BCUT2D eigenvalue weighted by Gasteiger charge is 2.19. The van der Waals surface area contributed by atoms with Crippen molar-refractivity contribution in [2.45, 2.75) is 19.3 Å². The van der Waals surface area contributed by atoms with Crippen LogP contribution in [0.2, 0.25) is 0 Å². The molecule has 0 bridgehead atoms. The molecular weight excluding hydrogens is 332 g/mol. The molecule has 0 unspecified atom stereocenters. The van der Waals surface area contributed by atoms with Gasteiger partial charge in [0.1, 0.15) is 0 Å². The van der Waals surface area contributed by atoms with Crippen molar-refractivity contribution in [1.29, 1.82) is 0 Å². The van der Waals surface area contributed by atoms with Crippen molar-refractivity contribution in [3.8, 4) is 0 Å². The first-order chi connectivity index (χ1) is 12.6. The predicted octanol–water partition coefficient (Wildman–Crippen LogP) is 3.24. The number of methoxy groups -OCH3 is 1. The van der Waals surface area contributed by atoms with E-state index in [1.807, 2.05) is 12.1 Å². The minimum Gasteiger partial charge on any atom is -0.465 e. The fraction of sp³-hybridized carbons (Fsp3) is 0.250. The molecule has 1 fully saturated rings. The molecule has 1 aliphatic rings. The van der Waals surface area contributed by atoms with Crippen molar-refractivity contribution in [1.82, 2.24) is 0 Å². The zero-order valence-electron chi connectivity index (χ0n) is 14.5. The van der Waals surface area contributed by atoms with Gasteiger partial charge >= 0.3 is 5.97 Å². The number of esters is 1. The largest absolute Gasteiger partial charge is 0.465 e. The van der Waals surface area contributed by atoms with E-state index in [1.54, 1.807) is 41.3 Å². The van der Waals surface area contributed by atoms with Crippen molar-refractivity contribution in [3.05, 3.63) is 59.7 Å². The number of hydrogen-bond acceptors (Lipinski definition) is 4. The molecule has 0 aliphatic carbocycles. The van der Waals surface area contributed by atoms with E-state index >= 15 is 0 Å². The lowest BCUT2D eigenvalue weighted by Crippen LogP contribution is -2.35. The highest BCUT2D eigenvalue weighted by Crippen LogP contribution is 2.23. The third kappa shape index (κ3) is 3.91. The van der Waals surface area contributed by atoms with E-state index in [4.69, 9.17) is 0 Å². The van der Waals surface area contributed by atoms with Crippen molar-refractivity contribution in [2.75, 3.05) is 23.9 Å². The molecule has 0 atom stereocenters. The maximum absolute atomic E-state index is 12.3. The van der Waals surface area contributed by atoms with E-state index in [1.165, 1.54) is 7.11 Å². The normalized spacial score (nSPS) is 14.0. The Morgan fingerprint density at radius 1 is 0.962 bits per heavy atom. The van der Waals surface area contributed by atoms with Gasteiger partial charge in [-0.1, -0.05) is 0 Å². The van der Waals surface area contributed by atoms with Gasteiger partial charge in [-0.15, -0.1) is 0 Å². The zero-order valence-corrected chi connectivity index (χ0v) is 14.5. The Balaban J connectivity index is 1.66. The van der Waals surface area contributed by atoms with Crippen LogP contribution in [0.3, 0.4) is 0 Å². The SMILES string of the molecule is COC(=O)c1ccc(C(=O)Nc2ccc(N3CCCCC3=O)cc2)cc1. The van der Waals surface area contributed by atoms with Gasteiger partial charge < -0.3 is 15.0 Å². The summed E-state index contributed by atoms with van der Waals surface area (Å²) in [5, 5.41) is 2.80. The van der Waals surface area contributed by atoms with Gasteiger partial charge in [0.25, 0.3) is 5.91 Å². The number of benzene rings is 2. The van der Waals surface area contributed by atoms with E-state index in [0.29, 0.717) is 23.2 Å². The summed E-state index contributed by atoms with van der Waals surface area (Å²) in [6.45, 7) is 0.733. The molecule has 1 N–H and O–H groups in total. The molecule has 1 heterocycles. The van der Waals surface area contributed by atoms with E-state index in [0.717, 1.165) is 25.1 Å². The lowest BCUT2D eigenvalue weighted by Gasteiger charge is -2.26. The number of anilines is 2. The van der Waals surface area contributed by atoms with E-state index < -0.39 is 5.97 Å². The first-order valence-electron chi connectivity index (χ1n) is 8.48. The Hall–Kier alpha value is -3.15. The second-order valence-electron chi connectivity index (χ2n) is 6.07. The third-order valence-electron chi connectivity index (χ3n) is 4.33. The standard InChI is InChI=1S/C20H20N2O4/c1-26-20(25)15-7-5-14(6-8-15)19(24)21-16-9-11-17(12-10-16)22-13-3-2-4-18(22)23/h5-12H,2-4,13H2,1H3,(H,21,24). The Morgan fingerprint density at radius 3 is 2.23 bits per heavy atom. The molecule has 0 saturated carbocycles. The maximum atomic E-state index is 12.3. The number of piperidine rings is 1. The minimum atomic E-state index is -0.445. The quantitative estimate of drug-likeness (QED) is 0.857. The highest BCUT2D eigenvalue weighted by molar-refractivity contribution is 6.05. The lowest BCUT2D eigenvalue weighted by atomic mass is 10.1. The molecule has 2 aromatic carbocycles. The molecule has 3 rings (SSSR count). The lowest BCUT2D eigenvalue weighted by molar-refractivity contribution is -0.119. The first-order valence-corrected chi connectivity index (χ1v) is 8.48. The summed E-state index contributed by atoms with van der Waals surface area (Å²) in [7, 11) is 1.31. The Morgan fingerprint density at radius 2 is 1.62 bits per heavy atom. The fourth-order valence-electron chi connectivity index (χ4n) is 2.88. The molecule has 26 heavy (non-hydrogen) atoms. The van der Waals surface area contributed by atoms with Gasteiger partial charge in [0, 0.05) is 29.9 Å². The molecule has 2 aromatic rings. The van der Waals surface area contributed by atoms with Crippen LogP contribution in [0.25, 0.3) is 0 Å². The van der Waals surface area contributed by atoms with Crippen molar-refractivity contribution < 1.29 is 19.1 Å². The van der Waals surface area contributed by atoms with Gasteiger partial charge in [0.05, 0.1) is 12.7 Å². The Bertz CT molecular complexity index is 813. The molecule has 0 spiro atoms. The van der Waals surface area contributed by atoms with Crippen molar-refractivity contribution in [2.24, 2.45) is 0 Å². The molecule has 1 aliphatic heterocycles. The number of carbonyl (C=O) groups excluding carboxylic acids is 3. The number of rotatable bonds is 4. The van der Waals surface area contributed by atoms with Gasteiger partial charge in [0.2, 0.25) is 5.91 Å². The van der Waals surface area contributed by atoms with E-state index in [2.05, 4.69) is 10.1 Å². The summed E-state index contributed by atoms with van der Waals surface area (Å²) in [5.74, 6) is -0.582. The van der Waals surface area contributed by atoms with Crippen LogP contribution in [0.15, 0.2) is 48.5 Å². The molecule has 2 amide bonds. The smallest absolute Gasteiger partial charge is 0.337 e. The van der Waals surface area contributed by atoms with Gasteiger partial charge in [-0.3, -0.25) is 9.59 Å². The van der Waals surface area contributed by atoms with Gasteiger partial charge in [-0.25, -0.2) is 4.79 Å². The van der Waals surface area contributed by atoms with Crippen LogP contribution in [-0.4, -0.2) is 31.4 Å². The van der Waals surface area contributed by atoms with Crippen molar-refractivity contribution >= 4 is 29.2 Å². The zero-order chi connectivity index (χ0) is 18.5. The van der Waals surface area contributed by atoms with Crippen LogP contribution in [0, 0.1) is 0 Å². The summed E-state index contributed by atoms with van der Waals surface area (Å²) in [5.41, 5.74) is 2.31. The van der Waals surface area contributed by atoms with Crippen LogP contribution in [-0.2, 0) is 9.53 Å². The second-order valence-corrected chi connectivity index (χ2v) is 6.07. The Labute approximate surface area is 151 Å². The first kappa shape index (κ1) is 17.7. The Kier molecular flexibility index (Phi) is 5.31. The number of amides is 2. The van der Waals surface area contributed by atoms with Gasteiger partial charge in [-0.05, 0) is 61.4 Å². The maximum Gasteiger partial charge on any atom is 0.337 e. The van der Waals surface area contributed by atoms with E-state index in [9.17, 15) is 14.4 Å². The molecule has 1 saturated heterocycles. The molecule has 0 aromatic heterocycles. The highest BCUT2D eigenvalue weighted by atomic mass is 16.5. The molecular formula is C20H20N2O4. The molecule has 134 valence electrons. The number of ether oxygens (including phenoxy) is 1. The number of nitrogens with zero attached hydrogens (tertiary/aromatic N) is 1. The number of hydrogen-bond donors (Lipinski definition) is 1. The van der Waals surface area contributed by atoms with Gasteiger partial charge in [-0.2, -0.15) is 0 Å². The van der Waals surface area contributed by atoms with Crippen LogP contribution < -0.4 is 10.2 Å². The monoisotopic (exact) mass is 352 g/mol. The summed E-state index contributed by atoms with van der Waals surface area (Å²) in [6.07, 6.45) is 2.53. The average molecular weight is 352 g/mol. The third-order valence-corrected chi connectivity index (χ3v) is 4.33. The van der Waals surface area contributed by atoms with Crippen molar-refractivity contribution in [3.63, 3.8) is 0 Å². The number of nitrogens with one attached hydrogen (secondary N) is 1. The number of carbonyl (C=O) groups is 3.